The Morgan fingerprint density at radius 1 is 0.566 bits per heavy atom. The van der Waals surface area contributed by atoms with Gasteiger partial charge in [0.15, 0.2) is 0 Å². The number of nitrogens with zero attached hydrogens (tertiary/aromatic N) is 2. The molecule has 0 saturated heterocycles. The van der Waals surface area contributed by atoms with Crippen molar-refractivity contribution in [3.05, 3.63) is 154 Å². The number of amides is 4. The minimum Gasteiger partial charge on any atom is -0.497 e. The van der Waals surface area contributed by atoms with Crippen molar-refractivity contribution in [3.63, 3.8) is 0 Å². The number of rotatable bonds is 14. The molecule has 5 aromatic carbocycles. The molecule has 10 nitrogen and oxygen atoms in total. The van der Waals surface area contributed by atoms with E-state index in [9.17, 15) is 19.2 Å². The van der Waals surface area contributed by atoms with Crippen LogP contribution in [0.3, 0.4) is 0 Å². The van der Waals surface area contributed by atoms with Crippen LogP contribution in [0.5, 0.6) is 11.5 Å². The van der Waals surface area contributed by atoms with Crippen LogP contribution in [-0.4, -0.2) is 64.0 Å². The first-order valence-electron chi connectivity index (χ1n) is 16.9. The first kappa shape index (κ1) is 38.3. The highest BCUT2D eigenvalue weighted by molar-refractivity contribution is 9.10. The van der Waals surface area contributed by atoms with Gasteiger partial charge in [0.2, 0.25) is 11.8 Å². The Labute approximate surface area is 317 Å². The molecule has 0 spiro atoms. The third-order valence-corrected chi connectivity index (χ3v) is 9.23. The van der Waals surface area contributed by atoms with Crippen molar-refractivity contribution < 1.29 is 28.7 Å². The predicted octanol–water partition coefficient (Wildman–Crippen LogP) is 6.47. The number of carbonyl (C=O) groups excluding carboxylic acids is 4. The van der Waals surface area contributed by atoms with Gasteiger partial charge in [-0.05, 0) is 77.9 Å². The van der Waals surface area contributed by atoms with Crippen LogP contribution in [0.1, 0.15) is 31.8 Å². The molecule has 0 bridgehead atoms. The smallest absolute Gasteiger partial charge is 0.252 e. The van der Waals surface area contributed by atoms with Gasteiger partial charge in [-0.25, -0.2) is 0 Å². The summed E-state index contributed by atoms with van der Waals surface area (Å²) in [5.74, 6) is -0.452. The Morgan fingerprint density at radius 3 is 1.26 bits per heavy atom. The van der Waals surface area contributed by atoms with Crippen molar-refractivity contribution in [1.82, 2.24) is 10.6 Å². The lowest BCUT2D eigenvalue weighted by Gasteiger charge is -2.26. The molecular formula is C42H41BrN4O6. The van der Waals surface area contributed by atoms with Crippen molar-refractivity contribution in [1.29, 1.82) is 0 Å². The maximum atomic E-state index is 13.9. The molecule has 0 radical (unpaired) electrons. The zero-order valence-corrected chi connectivity index (χ0v) is 31.5. The molecule has 5 rings (SSSR count). The number of methoxy groups -OCH3 is 2. The fourth-order valence-electron chi connectivity index (χ4n) is 5.77. The molecule has 4 amide bonds. The summed E-state index contributed by atoms with van der Waals surface area (Å²) in [5.41, 5.74) is 3.28. The molecule has 0 aliphatic carbocycles. The summed E-state index contributed by atoms with van der Waals surface area (Å²) in [5, 5.41) is 5.81. The number of anilines is 2. The van der Waals surface area contributed by atoms with E-state index < -0.39 is 23.9 Å². The number of halogens is 1. The second kappa shape index (κ2) is 18.0. The summed E-state index contributed by atoms with van der Waals surface area (Å²) in [4.78, 5) is 58.5. The molecule has 0 aromatic heterocycles. The molecule has 2 N–H and O–H groups in total. The normalized spacial score (nSPS) is 11.8. The average molecular weight is 778 g/mol. The van der Waals surface area contributed by atoms with Gasteiger partial charge >= 0.3 is 0 Å². The number of carbonyl (C=O) groups is 4. The van der Waals surface area contributed by atoms with Crippen LogP contribution < -0.4 is 29.9 Å². The second-order valence-corrected chi connectivity index (χ2v) is 13.3. The van der Waals surface area contributed by atoms with Gasteiger partial charge in [0, 0.05) is 53.9 Å². The largest absolute Gasteiger partial charge is 0.497 e. The summed E-state index contributed by atoms with van der Waals surface area (Å²) < 4.78 is 11.0. The van der Waals surface area contributed by atoms with E-state index in [1.54, 1.807) is 89.0 Å². The van der Waals surface area contributed by atoms with Crippen molar-refractivity contribution >= 4 is 50.9 Å². The highest BCUT2D eigenvalue weighted by atomic mass is 79.9. The van der Waals surface area contributed by atoms with Crippen LogP contribution in [0.2, 0.25) is 0 Å². The molecule has 0 aliphatic heterocycles. The van der Waals surface area contributed by atoms with Gasteiger partial charge in [-0.1, -0.05) is 76.6 Å². The van der Waals surface area contributed by atoms with E-state index in [-0.39, 0.29) is 35.8 Å². The van der Waals surface area contributed by atoms with Gasteiger partial charge in [-0.2, -0.15) is 0 Å². The first-order chi connectivity index (χ1) is 25.6. The lowest BCUT2D eigenvalue weighted by molar-refractivity contribution is -0.120. The van der Waals surface area contributed by atoms with E-state index in [0.29, 0.717) is 27.3 Å². The molecule has 0 aliphatic rings. The Hall–Kier alpha value is -5.94. The van der Waals surface area contributed by atoms with E-state index in [1.807, 2.05) is 60.7 Å². The van der Waals surface area contributed by atoms with Crippen LogP contribution in [0.15, 0.2) is 132 Å². The molecule has 5 aromatic rings. The van der Waals surface area contributed by atoms with E-state index in [4.69, 9.17) is 9.47 Å². The Kier molecular flexibility index (Phi) is 13.0. The zero-order valence-electron chi connectivity index (χ0n) is 29.9. The van der Waals surface area contributed by atoms with Crippen LogP contribution >= 0.6 is 15.9 Å². The van der Waals surface area contributed by atoms with E-state index in [2.05, 4.69) is 26.6 Å². The second-order valence-electron chi connectivity index (χ2n) is 12.4. The molecule has 53 heavy (non-hydrogen) atoms. The zero-order chi connectivity index (χ0) is 37.9. The molecule has 0 saturated carbocycles. The lowest BCUT2D eigenvalue weighted by Crippen LogP contribution is -2.49. The predicted molar refractivity (Wildman–Crippen MR) is 210 cm³/mol. The standard InChI is InChI=1S/C42H41BrN4O6/c1-46(33-15-19-35(52-3)20-16-33)41(50)37(23-28-11-7-5-8-12-28)44-39(48)30-25-31(27-32(43)26-30)40(49)45-38(24-29-13-9-6-10-14-29)42(51)47(2)34-17-21-36(53-4)22-18-34/h5-22,25-27,37-38H,23-24H2,1-4H3,(H,44,48)(H,45,49)/t37-,38?/m0/s1. The number of benzene rings is 5. The number of likely N-dealkylation sites (N-methyl/N-ethyl adjacent to an activating group) is 2. The first-order valence-corrected chi connectivity index (χ1v) is 17.7. The van der Waals surface area contributed by atoms with E-state index in [0.717, 1.165) is 11.1 Å². The SMILES string of the molecule is COc1ccc(N(C)C(=O)C(Cc2ccccc2)NC(=O)c2cc(Br)cc(C(=O)N[C@@H](Cc3ccccc3)C(=O)N(C)c3ccc(OC)cc3)c2)cc1. The number of nitrogens with one attached hydrogen (secondary N) is 2. The van der Waals surface area contributed by atoms with Gasteiger partial charge < -0.3 is 29.9 Å². The Balaban J connectivity index is 1.38. The fourth-order valence-corrected chi connectivity index (χ4v) is 6.26. The summed E-state index contributed by atoms with van der Waals surface area (Å²) >= 11 is 3.45. The van der Waals surface area contributed by atoms with Crippen molar-refractivity contribution in [2.45, 2.75) is 24.9 Å². The highest BCUT2D eigenvalue weighted by Crippen LogP contribution is 2.22. The summed E-state index contributed by atoms with van der Waals surface area (Å²) in [6.45, 7) is 0. The molecule has 0 fully saturated rings. The molecular weight excluding hydrogens is 736 g/mol. The fraction of sp³-hybridized carbons (Fsp3) is 0.190. The van der Waals surface area contributed by atoms with Crippen molar-refractivity contribution in [2.75, 3.05) is 38.1 Å². The average Bonchev–Trinajstić information content (AvgIpc) is 3.19. The number of hydrogen-bond donors (Lipinski definition) is 2. The Bertz CT molecular complexity index is 1880. The quantitative estimate of drug-likeness (QED) is 0.134. The molecule has 0 heterocycles. The van der Waals surface area contributed by atoms with Gasteiger partial charge in [-0.3, -0.25) is 19.2 Å². The number of ether oxygens (including phenoxy) is 2. The van der Waals surface area contributed by atoms with E-state index in [1.165, 1.54) is 15.9 Å². The maximum Gasteiger partial charge on any atom is 0.252 e. The molecule has 1 unspecified atom stereocenters. The minimum atomic E-state index is -0.936. The van der Waals surface area contributed by atoms with Crippen LogP contribution in [0, 0.1) is 0 Å². The third-order valence-electron chi connectivity index (χ3n) is 8.77. The van der Waals surface area contributed by atoms with E-state index >= 15 is 0 Å². The molecule has 11 heteroatoms. The number of hydrogen-bond acceptors (Lipinski definition) is 6. The third kappa shape index (κ3) is 10.1. The maximum absolute atomic E-state index is 13.9. The van der Waals surface area contributed by atoms with Gasteiger partial charge in [-0.15, -0.1) is 0 Å². The van der Waals surface area contributed by atoms with Crippen LogP contribution in [-0.2, 0) is 22.4 Å². The van der Waals surface area contributed by atoms with Crippen molar-refractivity contribution in [3.8, 4) is 11.5 Å². The monoisotopic (exact) mass is 776 g/mol. The molecule has 2 atom stereocenters. The molecule has 272 valence electrons. The summed E-state index contributed by atoms with van der Waals surface area (Å²) in [7, 11) is 6.43. The summed E-state index contributed by atoms with van der Waals surface area (Å²) in [6, 6.07) is 35.6. The minimum absolute atomic E-state index is 0.156. The van der Waals surface area contributed by atoms with Crippen LogP contribution in [0.25, 0.3) is 0 Å². The van der Waals surface area contributed by atoms with Gasteiger partial charge in [0.1, 0.15) is 23.6 Å². The van der Waals surface area contributed by atoms with Crippen LogP contribution in [0.4, 0.5) is 11.4 Å². The highest BCUT2D eigenvalue weighted by Gasteiger charge is 2.28. The topological polar surface area (TPSA) is 117 Å². The van der Waals surface area contributed by atoms with Gasteiger partial charge in [0.05, 0.1) is 14.2 Å². The Morgan fingerprint density at radius 2 is 0.925 bits per heavy atom. The summed E-state index contributed by atoms with van der Waals surface area (Å²) in [6.07, 6.45) is 0.469. The lowest BCUT2D eigenvalue weighted by atomic mass is 10.0. The van der Waals surface area contributed by atoms with Gasteiger partial charge in [0.25, 0.3) is 11.8 Å². The van der Waals surface area contributed by atoms with Crippen molar-refractivity contribution in [2.24, 2.45) is 0 Å².